The van der Waals surface area contributed by atoms with Gasteiger partial charge < -0.3 is 21.7 Å². The van der Waals surface area contributed by atoms with Crippen LogP contribution in [0.25, 0.3) is 0 Å². The number of amides is 2. The molecule has 2 heterocycles. The second-order valence-corrected chi connectivity index (χ2v) is 11.6. The summed E-state index contributed by atoms with van der Waals surface area (Å²) in [5.74, 6) is 0.0635. The third-order valence-electron chi connectivity index (χ3n) is 5.86. The molecule has 36 heavy (non-hydrogen) atoms. The van der Waals surface area contributed by atoms with Crippen molar-refractivity contribution in [3.05, 3.63) is 40.0 Å². The summed E-state index contributed by atoms with van der Waals surface area (Å²) in [6.45, 7) is 4.56. The molecule has 3 rings (SSSR count). The largest absolute Gasteiger partial charge is 0.366 e. The lowest BCUT2D eigenvalue weighted by molar-refractivity contribution is -0.120. The van der Waals surface area contributed by atoms with Gasteiger partial charge in [-0.2, -0.15) is 4.98 Å². The highest BCUT2D eigenvalue weighted by Crippen LogP contribution is 2.28. The summed E-state index contributed by atoms with van der Waals surface area (Å²) < 4.78 is 27.3. The molecule has 1 aliphatic rings. The van der Waals surface area contributed by atoms with E-state index >= 15 is 0 Å². The number of primary amides is 1. The highest BCUT2D eigenvalue weighted by molar-refractivity contribution is 9.10. The molecule has 0 saturated carbocycles. The third kappa shape index (κ3) is 7.37. The molecule has 5 N–H and O–H groups in total. The molecule has 13 heteroatoms. The number of hydrogen-bond donors (Lipinski definition) is 4. The Hall–Kier alpha value is -2.77. The zero-order valence-electron chi connectivity index (χ0n) is 20.4. The van der Waals surface area contributed by atoms with E-state index in [0.717, 1.165) is 12.0 Å². The first-order valence-corrected chi connectivity index (χ1v) is 14.2. The summed E-state index contributed by atoms with van der Waals surface area (Å²) in [6.07, 6.45) is 3.90. The van der Waals surface area contributed by atoms with Crippen molar-refractivity contribution in [1.82, 2.24) is 19.6 Å². The molecular weight excluding hydrogens is 550 g/mol. The Morgan fingerprint density at radius 3 is 2.64 bits per heavy atom. The molecule has 0 bridgehead atoms. The first kappa shape index (κ1) is 27.8. The number of anilines is 3. The molecule has 0 atom stereocenters. The van der Waals surface area contributed by atoms with Crippen LogP contribution in [0.2, 0.25) is 0 Å². The van der Waals surface area contributed by atoms with Crippen molar-refractivity contribution in [3.8, 4) is 0 Å². The van der Waals surface area contributed by atoms with Gasteiger partial charge in [0.15, 0.2) is 0 Å². The fourth-order valence-electron chi connectivity index (χ4n) is 3.98. The quantitative estimate of drug-likeness (QED) is 0.315. The topological polar surface area (TPSA) is 159 Å². The minimum atomic E-state index is -3.45. The Morgan fingerprint density at radius 1 is 1.25 bits per heavy atom. The average molecular weight is 583 g/mol. The fourth-order valence-corrected chi connectivity index (χ4v) is 5.65. The molecule has 0 radical (unpaired) electrons. The lowest BCUT2D eigenvalue weighted by atomic mass is 10.1. The summed E-state index contributed by atoms with van der Waals surface area (Å²) in [5, 5.41) is 9.07. The van der Waals surface area contributed by atoms with Crippen LogP contribution in [0.1, 0.15) is 48.5 Å². The number of nitrogens with one attached hydrogen (secondary N) is 3. The number of piperidine rings is 1. The van der Waals surface area contributed by atoms with Crippen molar-refractivity contribution in [2.45, 2.75) is 45.6 Å². The summed E-state index contributed by atoms with van der Waals surface area (Å²) in [7, 11) is -3.45. The third-order valence-corrected chi connectivity index (χ3v) is 8.31. The molecule has 1 fully saturated rings. The van der Waals surface area contributed by atoms with Crippen LogP contribution in [0.4, 0.5) is 17.5 Å². The van der Waals surface area contributed by atoms with Crippen LogP contribution in [0.5, 0.6) is 0 Å². The van der Waals surface area contributed by atoms with Gasteiger partial charge in [0, 0.05) is 38.3 Å². The molecule has 0 unspecified atom stereocenters. The first-order chi connectivity index (χ1) is 17.1. The van der Waals surface area contributed by atoms with Crippen LogP contribution in [0.3, 0.4) is 0 Å². The van der Waals surface area contributed by atoms with Crippen LogP contribution in [-0.4, -0.2) is 65.9 Å². The molecule has 196 valence electrons. The van der Waals surface area contributed by atoms with E-state index in [1.165, 1.54) is 4.31 Å². The molecule has 1 aliphatic heterocycles. The number of benzene rings is 1. The number of carbonyl (C=O) groups excluding carboxylic acids is 2. The van der Waals surface area contributed by atoms with Crippen molar-refractivity contribution in [2.75, 3.05) is 36.0 Å². The molecule has 2 amide bonds. The monoisotopic (exact) mass is 581 g/mol. The van der Waals surface area contributed by atoms with E-state index in [0.29, 0.717) is 59.8 Å². The average Bonchev–Trinajstić information content (AvgIpc) is 2.81. The number of halogens is 1. The fraction of sp³-hybridized carbons (Fsp3) is 0.478. The number of hydrogen-bond acceptors (Lipinski definition) is 8. The van der Waals surface area contributed by atoms with Crippen LogP contribution >= 0.6 is 15.9 Å². The number of sulfonamides is 1. The molecule has 0 spiro atoms. The predicted molar refractivity (Wildman–Crippen MR) is 143 cm³/mol. The number of nitrogens with two attached hydrogens (primary N) is 1. The maximum atomic E-state index is 12.6. The number of carbonyl (C=O) groups is 2. The minimum absolute atomic E-state index is 0.00474. The maximum Gasteiger partial charge on any atom is 0.251 e. The van der Waals surface area contributed by atoms with E-state index in [4.69, 9.17) is 5.73 Å². The van der Waals surface area contributed by atoms with Gasteiger partial charge in [0.05, 0.1) is 21.5 Å². The molecule has 2 aromatic rings. The van der Waals surface area contributed by atoms with Gasteiger partial charge in [-0.15, -0.1) is 0 Å². The summed E-state index contributed by atoms with van der Waals surface area (Å²) >= 11 is 3.43. The lowest BCUT2D eigenvalue weighted by Gasteiger charge is -2.31. The Morgan fingerprint density at radius 2 is 1.97 bits per heavy atom. The van der Waals surface area contributed by atoms with Crippen LogP contribution in [-0.2, 0) is 14.8 Å². The minimum Gasteiger partial charge on any atom is -0.366 e. The van der Waals surface area contributed by atoms with E-state index in [9.17, 15) is 18.0 Å². The van der Waals surface area contributed by atoms with Crippen LogP contribution in [0, 0.1) is 6.92 Å². The van der Waals surface area contributed by atoms with E-state index < -0.39 is 15.9 Å². The highest BCUT2D eigenvalue weighted by atomic mass is 79.9. The molecule has 11 nitrogen and oxygen atoms in total. The van der Waals surface area contributed by atoms with Gasteiger partial charge in [0.1, 0.15) is 5.82 Å². The molecule has 1 saturated heterocycles. The predicted octanol–water partition coefficient (Wildman–Crippen LogP) is 2.51. The number of aromatic nitrogens is 2. The van der Waals surface area contributed by atoms with Gasteiger partial charge in [-0.25, -0.2) is 17.7 Å². The zero-order valence-corrected chi connectivity index (χ0v) is 22.8. The van der Waals surface area contributed by atoms with E-state index in [1.54, 1.807) is 12.3 Å². The summed E-state index contributed by atoms with van der Waals surface area (Å²) in [5.41, 5.74) is 7.23. The van der Waals surface area contributed by atoms with Gasteiger partial charge in [-0.3, -0.25) is 9.59 Å². The Balaban J connectivity index is 1.58. The molecule has 0 aliphatic carbocycles. The Labute approximate surface area is 219 Å². The van der Waals surface area contributed by atoms with E-state index in [-0.39, 0.29) is 24.2 Å². The maximum absolute atomic E-state index is 12.6. The zero-order chi connectivity index (χ0) is 26.3. The Bertz CT molecular complexity index is 1200. The standard InChI is InChI=1S/C23H32BrN7O4S/c1-3-5-19(32)26-10-13-36(34,35)31-11-8-16(9-12-31)28-23-27-14-17(24)22(30-23)29-18-7-4-6-15(2)20(18)21(25)33/h4,6-7,14,16H,3,5,8-13H2,1-2H3,(H2,25,33)(H,26,32)(H2,27,28,29,30). The lowest BCUT2D eigenvalue weighted by Crippen LogP contribution is -2.44. The Kier molecular flexibility index (Phi) is 9.63. The van der Waals surface area contributed by atoms with Gasteiger partial charge >= 0.3 is 0 Å². The van der Waals surface area contributed by atoms with Crippen molar-refractivity contribution >= 4 is 55.2 Å². The van der Waals surface area contributed by atoms with Gasteiger partial charge in [0.25, 0.3) is 5.91 Å². The number of aryl methyl sites for hydroxylation is 1. The van der Waals surface area contributed by atoms with Gasteiger partial charge in [-0.1, -0.05) is 19.1 Å². The summed E-state index contributed by atoms with van der Waals surface area (Å²) in [4.78, 5) is 32.3. The van der Waals surface area contributed by atoms with Gasteiger partial charge in [-0.05, 0) is 53.7 Å². The van der Waals surface area contributed by atoms with Crippen LogP contribution in [0.15, 0.2) is 28.9 Å². The molecule has 1 aromatic heterocycles. The van der Waals surface area contributed by atoms with E-state index in [2.05, 4.69) is 41.8 Å². The summed E-state index contributed by atoms with van der Waals surface area (Å²) in [6, 6.07) is 5.37. The normalized spacial score (nSPS) is 14.9. The SMILES string of the molecule is CCCC(=O)NCCS(=O)(=O)N1CCC(Nc2ncc(Br)c(Nc3cccc(C)c3C(N)=O)n2)CC1. The molecular formula is C23H32BrN7O4S. The number of nitrogens with zero attached hydrogens (tertiary/aromatic N) is 3. The smallest absolute Gasteiger partial charge is 0.251 e. The van der Waals surface area contributed by atoms with Gasteiger partial charge in [0.2, 0.25) is 21.9 Å². The van der Waals surface area contributed by atoms with E-state index in [1.807, 2.05) is 26.0 Å². The van der Waals surface area contributed by atoms with Crippen molar-refractivity contribution < 1.29 is 18.0 Å². The van der Waals surface area contributed by atoms with Crippen molar-refractivity contribution in [2.24, 2.45) is 5.73 Å². The van der Waals surface area contributed by atoms with Crippen molar-refractivity contribution in [1.29, 1.82) is 0 Å². The highest BCUT2D eigenvalue weighted by Gasteiger charge is 2.28. The molecule has 1 aromatic carbocycles. The second kappa shape index (κ2) is 12.5. The second-order valence-electron chi connectivity index (χ2n) is 8.61. The first-order valence-electron chi connectivity index (χ1n) is 11.8. The number of rotatable bonds is 11. The van der Waals surface area contributed by atoms with Crippen LogP contribution < -0.4 is 21.7 Å². The van der Waals surface area contributed by atoms with Crippen molar-refractivity contribution in [3.63, 3.8) is 0 Å².